The van der Waals surface area contributed by atoms with Crippen LogP contribution in [0, 0.1) is 0 Å². The van der Waals surface area contributed by atoms with Gasteiger partial charge in [0, 0.05) is 31.6 Å². The van der Waals surface area contributed by atoms with Crippen LogP contribution in [-0.4, -0.2) is 62.1 Å². The molecule has 0 spiro atoms. The van der Waals surface area contributed by atoms with E-state index in [9.17, 15) is 18.0 Å². The molecule has 4 rings (SSSR count). The molecule has 0 saturated heterocycles. The number of rotatable bonds is 11. The van der Waals surface area contributed by atoms with Crippen LogP contribution in [0.5, 0.6) is 11.5 Å². The Kier molecular flexibility index (Phi) is 9.11. The standard InChI is InChI=1S/C28H30ClN3O6S/c1-31(39(2,35)36)18-27(33)32(17-21-8-11-23(29)12-9-21)24(14-20-6-4-3-5-7-20)28(34)30-16-22-10-13-25-26(15-22)38-19-37-25/h3-13,15,24H,14,16-19H2,1-2H3,(H,30,34). The summed E-state index contributed by atoms with van der Waals surface area (Å²) in [5, 5.41) is 3.48. The van der Waals surface area contributed by atoms with Gasteiger partial charge < -0.3 is 19.7 Å². The van der Waals surface area contributed by atoms with Gasteiger partial charge in [0.15, 0.2) is 11.5 Å². The molecule has 1 heterocycles. The number of hydrogen-bond donors (Lipinski definition) is 1. The third-order valence-corrected chi connectivity index (χ3v) is 7.88. The van der Waals surface area contributed by atoms with Crippen LogP contribution in [-0.2, 0) is 39.1 Å². The Hall–Kier alpha value is -3.60. The fourth-order valence-corrected chi connectivity index (χ4v) is 4.57. The zero-order chi connectivity index (χ0) is 28.0. The van der Waals surface area contributed by atoms with Gasteiger partial charge in [0.2, 0.25) is 28.6 Å². The van der Waals surface area contributed by atoms with E-state index in [-0.39, 0.29) is 32.2 Å². The van der Waals surface area contributed by atoms with E-state index >= 15 is 0 Å². The molecule has 1 aliphatic heterocycles. The maximum absolute atomic E-state index is 13.7. The number of halogens is 1. The smallest absolute Gasteiger partial charge is 0.243 e. The van der Waals surface area contributed by atoms with E-state index < -0.39 is 28.5 Å². The lowest BCUT2D eigenvalue weighted by molar-refractivity contribution is -0.141. The molecule has 1 atom stereocenters. The minimum atomic E-state index is -3.62. The normalized spacial score (nSPS) is 13.2. The van der Waals surface area contributed by atoms with Gasteiger partial charge in [0.05, 0.1) is 12.8 Å². The molecule has 0 saturated carbocycles. The van der Waals surface area contributed by atoms with Crippen molar-refractivity contribution in [3.05, 3.63) is 94.5 Å². The van der Waals surface area contributed by atoms with Crippen molar-refractivity contribution in [2.24, 2.45) is 0 Å². The van der Waals surface area contributed by atoms with E-state index in [1.54, 1.807) is 36.4 Å². The second-order valence-corrected chi connectivity index (χ2v) is 11.8. The highest BCUT2D eigenvalue weighted by molar-refractivity contribution is 7.88. The average molecular weight is 572 g/mol. The van der Waals surface area contributed by atoms with Crippen molar-refractivity contribution >= 4 is 33.4 Å². The Morgan fingerprint density at radius 2 is 1.62 bits per heavy atom. The minimum absolute atomic E-state index is 0.0859. The number of sulfonamides is 1. The second kappa shape index (κ2) is 12.5. The topological polar surface area (TPSA) is 105 Å². The van der Waals surface area contributed by atoms with Gasteiger partial charge in [-0.2, -0.15) is 4.31 Å². The van der Waals surface area contributed by atoms with Crippen LogP contribution in [0.1, 0.15) is 16.7 Å². The maximum Gasteiger partial charge on any atom is 0.243 e. The van der Waals surface area contributed by atoms with E-state index in [2.05, 4.69) is 5.32 Å². The summed E-state index contributed by atoms with van der Waals surface area (Å²) in [6.45, 7) is 0.0245. The van der Waals surface area contributed by atoms with Crippen LogP contribution < -0.4 is 14.8 Å². The van der Waals surface area contributed by atoms with Gasteiger partial charge in [-0.25, -0.2) is 8.42 Å². The second-order valence-electron chi connectivity index (χ2n) is 9.28. The van der Waals surface area contributed by atoms with Gasteiger partial charge in [-0.3, -0.25) is 9.59 Å². The molecule has 11 heteroatoms. The number of hydrogen-bond acceptors (Lipinski definition) is 6. The third kappa shape index (κ3) is 7.72. The summed E-state index contributed by atoms with van der Waals surface area (Å²) in [5.74, 6) is 0.366. The van der Waals surface area contributed by atoms with Crippen molar-refractivity contribution in [1.29, 1.82) is 0 Å². The van der Waals surface area contributed by atoms with E-state index in [0.29, 0.717) is 16.5 Å². The molecule has 1 unspecified atom stereocenters. The SMILES string of the molecule is CN(CC(=O)N(Cc1ccc(Cl)cc1)C(Cc1ccccc1)C(=O)NCc1ccc2c(c1)OCO2)S(C)(=O)=O. The summed E-state index contributed by atoms with van der Waals surface area (Å²) in [5.41, 5.74) is 2.40. The van der Waals surface area contributed by atoms with E-state index in [1.807, 2.05) is 36.4 Å². The molecule has 2 amide bonds. The quantitative estimate of drug-likeness (QED) is 0.379. The minimum Gasteiger partial charge on any atom is -0.454 e. The molecular formula is C28H30ClN3O6S. The Labute approximate surface area is 233 Å². The highest BCUT2D eigenvalue weighted by atomic mass is 35.5. The summed E-state index contributed by atoms with van der Waals surface area (Å²) in [6, 6.07) is 20.8. The number of nitrogens with one attached hydrogen (secondary N) is 1. The third-order valence-electron chi connectivity index (χ3n) is 6.37. The summed E-state index contributed by atoms with van der Waals surface area (Å²) < 4.78 is 35.9. The van der Waals surface area contributed by atoms with Crippen molar-refractivity contribution < 1.29 is 27.5 Å². The first-order chi connectivity index (χ1) is 18.6. The lowest BCUT2D eigenvalue weighted by Gasteiger charge is -2.32. The highest BCUT2D eigenvalue weighted by Gasteiger charge is 2.32. The molecule has 3 aromatic carbocycles. The summed E-state index contributed by atoms with van der Waals surface area (Å²) >= 11 is 6.05. The zero-order valence-corrected chi connectivity index (χ0v) is 23.2. The van der Waals surface area contributed by atoms with E-state index in [0.717, 1.165) is 27.3 Å². The Balaban J connectivity index is 1.62. The van der Waals surface area contributed by atoms with Crippen molar-refractivity contribution in [2.45, 2.75) is 25.6 Å². The number of likely N-dealkylation sites (N-methyl/N-ethyl adjacent to an activating group) is 1. The molecule has 0 bridgehead atoms. The first-order valence-electron chi connectivity index (χ1n) is 12.3. The maximum atomic E-state index is 13.7. The molecule has 206 valence electrons. The highest BCUT2D eigenvalue weighted by Crippen LogP contribution is 2.32. The van der Waals surface area contributed by atoms with Crippen molar-refractivity contribution in [1.82, 2.24) is 14.5 Å². The number of ether oxygens (including phenoxy) is 2. The van der Waals surface area contributed by atoms with Gasteiger partial charge in [-0.05, 0) is 41.0 Å². The lowest BCUT2D eigenvalue weighted by Crippen LogP contribution is -2.52. The Bertz CT molecular complexity index is 1420. The predicted molar refractivity (Wildman–Crippen MR) is 148 cm³/mol. The fourth-order valence-electron chi connectivity index (χ4n) is 4.10. The van der Waals surface area contributed by atoms with Gasteiger partial charge in [0.1, 0.15) is 6.04 Å². The van der Waals surface area contributed by atoms with Gasteiger partial charge in [-0.15, -0.1) is 0 Å². The molecule has 0 fully saturated rings. The molecule has 39 heavy (non-hydrogen) atoms. The zero-order valence-electron chi connectivity index (χ0n) is 21.7. The van der Waals surface area contributed by atoms with E-state index in [1.165, 1.54) is 11.9 Å². The summed E-state index contributed by atoms with van der Waals surface area (Å²) in [7, 11) is -2.29. The van der Waals surface area contributed by atoms with Crippen LogP contribution in [0.25, 0.3) is 0 Å². The molecule has 3 aromatic rings. The molecular weight excluding hydrogens is 542 g/mol. The Morgan fingerprint density at radius 1 is 0.949 bits per heavy atom. The summed E-state index contributed by atoms with van der Waals surface area (Å²) in [6.07, 6.45) is 1.26. The number of carbonyl (C=O) groups excluding carboxylic acids is 2. The number of amides is 2. The molecule has 9 nitrogen and oxygen atoms in total. The summed E-state index contributed by atoms with van der Waals surface area (Å²) in [4.78, 5) is 28.7. The number of fused-ring (bicyclic) bond motifs is 1. The molecule has 1 aliphatic rings. The molecule has 0 aliphatic carbocycles. The average Bonchev–Trinajstić information content (AvgIpc) is 3.38. The van der Waals surface area contributed by atoms with Crippen LogP contribution in [0.3, 0.4) is 0 Å². The van der Waals surface area contributed by atoms with Crippen molar-refractivity contribution in [3.8, 4) is 11.5 Å². The first-order valence-corrected chi connectivity index (χ1v) is 14.5. The van der Waals surface area contributed by atoms with Crippen molar-refractivity contribution in [2.75, 3.05) is 26.6 Å². The fraction of sp³-hybridized carbons (Fsp3) is 0.286. The van der Waals surface area contributed by atoms with Crippen LogP contribution in [0.4, 0.5) is 0 Å². The Morgan fingerprint density at radius 3 is 2.31 bits per heavy atom. The molecule has 1 N–H and O–H groups in total. The van der Waals surface area contributed by atoms with Gasteiger partial charge in [0.25, 0.3) is 0 Å². The largest absolute Gasteiger partial charge is 0.454 e. The van der Waals surface area contributed by atoms with E-state index in [4.69, 9.17) is 21.1 Å². The monoisotopic (exact) mass is 571 g/mol. The number of nitrogens with zero attached hydrogens (tertiary/aromatic N) is 2. The number of benzene rings is 3. The van der Waals surface area contributed by atoms with Crippen LogP contribution in [0.2, 0.25) is 5.02 Å². The van der Waals surface area contributed by atoms with Crippen LogP contribution >= 0.6 is 11.6 Å². The van der Waals surface area contributed by atoms with Crippen molar-refractivity contribution in [3.63, 3.8) is 0 Å². The van der Waals surface area contributed by atoms with Crippen LogP contribution in [0.15, 0.2) is 72.8 Å². The van der Waals surface area contributed by atoms with Gasteiger partial charge in [-0.1, -0.05) is 60.1 Å². The predicted octanol–water partition coefficient (Wildman–Crippen LogP) is 3.22. The van der Waals surface area contributed by atoms with Gasteiger partial charge >= 0.3 is 0 Å². The number of carbonyl (C=O) groups is 2. The first kappa shape index (κ1) is 28.4. The molecule has 0 aromatic heterocycles. The lowest BCUT2D eigenvalue weighted by atomic mass is 10.0. The molecule has 0 radical (unpaired) electrons.